The third-order valence-electron chi connectivity index (χ3n) is 5.49. The van der Waals surface area contributed by atoms with Crippen molar-refractivity contribution >= 4 is 11.7 Å². The Morgan fingerprint density at radius 1 is 1.07 bits per heavy atom. The number of amides is 1. The van der Waals surface area contributed by atoms with Gasteiger partial charge in [0.15, 0.2) is 0 Å². The van der Waals surface area contributed by atoms with E-state index >= 15 is 0 Å². The van der Waals surface area contributed by atoms with Crippen LogP contribution in [0.15, 0.2) is 42.7 Å². The van der Waals surface area contributed by atoms with Crippen LogP contribution in [-0.2, 0) is 4.79 Å². The highest BCUT2D eigenvalue weighted by molar-refractivity contribution is 5.79. The van der Waals surface area contributed by atoms with E-state index < -0.39 is 0 Å². The molecule has 1 aromatic carbocycles. The van der Waals surface area contributed by atoms with Gasteiger partial charge in [0.25, 0.3) is 0 Å². The van der Waals surface area contributed by atoms with E-state index in [9.17, 15) is 4.79 Å². The number of anilines is 1. The lowest BCUT2D eigenvalue weighted by Gasteiger charge is -2.32. The fourth-order valence-electron chi connectivity index (χ4n) is 3.74. The second kappa shape index (κ2) is 10.8. The minimum atomic E-state index is 0.127. The summed E-state index contributed by atoms with van der Waals surface area (Å²) in [6.07, 6.45) is 9.52. The minimum Gasteiger partial charge on any atom is -0.356 e. The van der Waals surface area contributed by atoms with Gasteiger partial charge in [0, 0.05) is 37.2 Å². The molecule has 0 atom stereocenters. The van der Waals surface area contributed by atoms with Gasteiger partial charge in [-0.3, -0.25) is 4.79 Å². The second-order valence-corrected chi connectivity index (χ2v) is 7.59. The predicted octanol–water partition coefficient (Wildman–Crippen LogP) is 4.45. The van der Waals surface area contributed by atoms with Crippen molar-refractivity contribution in [1.82, 2.24) is 15.3 Å². The molecule has 0 bridgehead atoms. The van der Waals surface area contributed by atoms with Gasteiger partial charge in [-0.15, -0.1) is 0 Å². The second-order valence-electron chi connectivity index (χ2n) is 7.59. The zero-order chi connectivity index (χ0) is 19.6. The molecule has 1 fully saturated rings. The summed E-state index contributed by atoms with van der Waals surface area (Å²) >= 11 is 0. The highest BCUT2D eigenvalue weighted by Gasteiger charge is 2.25. The van der Waals surface area contributed by atoms with E-state index in [1.54, 1.807) is 6.33 Å². The quantitative estimate of drug-likeness (QED) is 0.653. The third kappa shape index (κ3) is 5.78. The fraction of sp³-hybridized carbons (Fsp3) is 0.522. The van der Waals surface area contributed by atoms with Crippen LogP contribution in [0.25, 0.3) is 11.3 Å². The van der Waals surface area contributed by atoms with Crippen molar-refractivity contribution in [3.8, 4) is 11.3 Å². The number of benzene rings is 1. The Morgan fingerprint density at radius 2 is 1.82 bits per heavy atom. The van der Waals surface area contributed by atoms with Gasteiger partial charge in [-0.2, -0.15) is 0 Å². The first-order valence-electron chi connectivity index (χ1n) is 10.7. The van der Waals surface area contributed by atoms with Crippen LogP contribution in [0.5, 0.6) is 0 Å². The first-order valence-corrected chi connectivity index (χ1v) is 10.7. The zero-order valence-corrected chi connectivity index (χ0v) is 16.9. The Hall–Kier alpha value is -2.43. The molecule has 28 heavy (non-hydrogen) atoms. The van der Waals surface area contributed by atoms with Crippen molar-refractivity contribution in [1.29, 1.82) is 0 Å². The van der Waals surface area contributed by atoms with Gasteiger partial charge in [0.2, 0.25) is 5.91 Å². The summed E-state index contributed by atoms with van der Waals surface area (Å²) in [7, 11) is 0. The van der Waals surface area contributed by atoms with Crippen LogP contribution in [0, 0.1) is 5.92 Å². The number of nitrogens with zero attached hydrogens (tertiary/aromatic N) is 3. The molecule has 0 radical (unpaired) electrons. The van der Waals surface area contributed by atoms with Gasteiger partial charge < -0.3 is 10.2 Å². The van der Waals surface area contributed by atoms with E-state index in [-0.39, 0.29) is 11.8 Å². The largest absolute Gasteiger partial charge is 0.356 e. The SMILES string of the molecule is CCCCCCCNC(=O)C1CCN(c2cc(-c3ccccc3)ncn2)CC1. The molecule has 150 valence electrons. The van der Waals surface area contributed by atoms with Crippen LogP contribution in [0.4, 0.5) is 5.82 Å². The Balaban J connectivity index is 1.46. The number of rotatable bonds is 9. The number of piperidine rings is 1. The number of hydrogen-bond acceptors (Lipinski definition) is 4. The first kappa shape index (κ1) is 20.3. The Morgan fingerprint density at radius 3 is 2.57 bits per heavy atom. The summed E-state index contributed by atoms with van der Waals surface area (Å²) in [5, 5.41) is 3.13. The lowest BCUT2D eigenvalue weighted by atomic mass is 9.95. The van der Waals surface area contributed by atoms with Crippen LogP contribution in [0.3, 0.4) is 0 Å². The van der Waals surface area contributed by atoms with Crippen LogP contribution in [-0.4, -0.2) is 35.5 Å². The number of aromatic nitrogens is 2. The van der Waals surface area contributed by atoms with Gasteiger partial charge in [0.1, 0.15) is 12.1 Å². The van der Waals surface area contributed by atoms with Crippen molar-refractivity contribution in [3.63, 3.8) is 0 Å². The molecule has 1 aromatic heterocycles. The summed E-state index contributed by atoms with van der Waals surface area (Å²) in [5.74, 6) is 1.30. The van der Waals surface area contributed by atoms with Crippen molar-refractivity contribution in [2.75, 3.05) is 24.5 Å². The topological polar surface area (TPSA) is 58.1 Å². The van der Waals surface area contributed by atoms with Gasteiger partial charge >= 0.3 is 0 Å². The average molecular weight is 381 g/mol. The van der Waals surface area contributed by atoms with E-state index in [4.69, 9.17) is 0 Å². The minimum absolute atomic E-state index is 0.127. The molecular formula is C23H32N4O. The lowest BCUT2D eigenvalue weighted by Crippen LogP contribution is -2.41. The van der Waals surface area contributed by atoms with Gasteiger partial charge in [-0.25, -0.2) is 9.97 Å². The number of hydrogen-bond donors (Lipinski definition) is 1. The summed E-state index contributed by atoms with van der Waals surface area (Å²) in [5.41, 5.74) is 2.04. The molecule has 2 aromatic rings. The van der Waals surface area contributed by atoms with Gasteiger partial charge in [-0.1, -0.05) is 62.9 Å². The van der Waals surface area contributed by atoms with Crippen LogP contribution < -0.4 is 10.2 Å². The normalized spacial score (nSPS) is 14.8. The van der Waals surface area contributed by atoms with Gasteiger partial charge in [0.05, 0.1) is 5.69 Å². The van der Waals surface area contributed by atoms with Crippen molar-refractivity contribution in [2.45, 2.75) is 51.9 Å². The number of carbonyl (C=O) groups excluding carboxylic acids is 1. The molecule has 1 N–H and O–H groups in total. The van der Waals surface area contributed by atoms with E-state index in [1.165, 1.54) is 25.7 Å². The molecule has 5 heteroatoms. The standard InChI is InChI=1S/C23H32N4O/c1-2-3-4-5-9-14-24-23(28)20-12-15-27(16-13-20)22-17-21(25-18-26-22)19-10-7-6-8-11-19/h6-8,10-11,17-18,20H,2-5,9,12-16H2,1H3,(H,24,28). The Kier molecular flexibility index (Phi) is 7.82. The number of carbonyl (C=O) groups is 1. The number of unbranched alkanes of at least 4 members (excludes halogenated alkanes) is 4. The molecule has 1 aliphatic heterocycles. The van der Waals surface area contributed by atoms with Crippen LogP contribution in [0.2, 0.25) is 0 Å². The highest BCUT2D eigenvalue weighted by atomic mass is 16.1. The molecule has 0 aliphatic carbocycles. The summed E-state index contributed by atoms with van der Waals surface area (Å²) in [6, 6.07) is 12.2. The van der Waals surface area contributed by atoms with Crippen molar-refractivity contribution < 1.29 is 4.79 Å². The molecule has 3 rings (SSSR count). The monoisotopic (exact) mass is 380 g/mol. The molecular weight excluding hydrogens is 348 g/mol. The predicted molar refractivity (Wildman–Crippen MR) is 114 cm³/mol. The van der Waals surface area contributed by atoms with E-state index in [2.05, 4.69) is 39.2 Å². The smallest absolute Gasteiger partial charge is 0.223 e. The molecule has 1 aliphatic rings. The average Bonchev–Trinajstić information content (AvgIpc) is 2.77. The first-order chi connectivity index (χ1) is 13.8. The molecule has 1 saturated heterocycles. The Labute approximate surface area is 168 Å². The van der Waals surface area contributed by atoms with E-state index in [1.807, 2.05) is 24.3 Å². The molecule has 5 nitrogen and oxygen atoms in total. The third-order valence-corrected chi connectivity index (χ3v) is 5.49. The van der Waals surface area contributed by atoms with Gasteiger partial charge in [-0.05, 0) is 19.3 Å². The van der Waals surface area contributed by atoms with Crippen molar-refractivity contribution in [3.05, 3.63) is 42.7 Å². The van der Waals surface area contributed by atoms with Crippen LogP contribution in [0.1, 0.15) is 51.9 Å². The molecule has 1 amide bonds. The highest BCUT2D eigenvalue weighted by Crippen LogP contribution is 2.25. The molecule has 0 unspecified atom stereocenters. The maximum atomic E-state index is 12.4. The fourth-order valence-corrected chi connectivity index (χ4v) is 3.74. The molecule has 0 saturated carbocycles. The van der Waals surface area contributed by atoms with Crippen LogP contribution >= 0.6 is 0 Å². The van der Waals surface area contributed by atoms with E-state index in [0.29, 0.717) is 0 Å². The summed E-state index contributed by atoms with van der Waals surface area (Å²) in [4.78, 5) is 23.5. The lowest BCUT2D eigenvalue weighted by molar-refractivity contribution is -0.125. The number of nitrogens with one attached hydrogen (secondary N) is 1. The summed E-state index contributed by atoms with van der Waals surface area (Å²) in [6.45, 7) is 4.76. The van der Waals surface area contributed by atoms with Crippen molar-refractivity contribution in [2.24, 2.45) is 5.92 Å². The van der Waals surface area contributed by atoms with E-state index in [0.717, 1.165) is 56.0 Å². The zero-order valence-electron chi connectivity index (χ0n) is 16.9. The Bertz CT molecular complexity index is 726. The maximum absolute atomic E-state index is 12.4. The maximum Gasteiger partial charge on any atom is 0.223 e. The summed E-state index contributed by atoms with van der Waals surface area (Å²) < 4.78 is 0. The molecule has 0 spiro atoms. The molecule has 2 heterocycles.